The summed E-state index contributed by atoms with van der Waals surface area (Å²) in [4.78, 5) is 0. The Labute approximate surface area is 289 Å². The molecule has 2 aliphatic carbocycles. The minimum Gasteiger partial charge on any atom is -1.00 e. The molecular formula is C39H33Cl2SiZr. The van der Waals surface area contributed by atoms with Gasteiger partial charge in [-0.2, -0.15) is 0 Å². The SMILES string of the molecule is CC(C)C1=Cc2c(-c3ccc4c5c(cccc35)C=C4)cccc2C1c1cccc2c1[cH-]c1ccccc12.C[Si]C.[Cl-].[Cl-].[Zr+3]. The van der Waals surface area contributed by atoms with Gasteiger partial charge in [0.1, 0.15) is 0 Å². The molecule has 0 N–H and O–H groups in total. The van der Waals surface area contributed by atoms with Crippen molar-refractivity contribution in [3.8, 4) is 11.1 Å². The molecule has 211 valence electrons. The van der Waals surface area contributed by atoms with Crippen LogP contribution in [0.4, 0.5) is 0 Å². The van der Waals surface area contributed by atoms with Crippen LogP contribution < -0.4 is 24.8 Å². The zero-order valence-electron chi connectivity index (χ0n) is 24.9. The summed E-state index contributed by atoms with van der Waals surface area (Å²) < 4.78 is 0. The van der Waals surface area contributed by atoms with Crippen LogP contribution in [0.5, 0.6) is 0 Å². The fourth-order valence-electron chi connectivity index (χ4n) is 6.92. The number of benzene rings is 5. The average Bonchev–Trinajstić information content (AvgIpc) is 3.68. The van der Waals surface area contributed by atoms with E-state index >= 15 is 0 Å². The van der Waals surface area contributed by atoms with Crippen LogP contribution in [0, 0.1) is 5.92 Å². The van der Waals surface area contributed by atoms with Crippen LogP contribution in [-0.2, 0) is 26.2 Å². The maximum Gasteiger partial charge on any atom is 3.00 e. The quantitative estimate of drug-likeness (QED) is 0.181. The van der Waals surface area contributed by atoms with Crippen molar-refractivity contribution in [3.05, 3.63) is 130 Å². The van der Waals surface area contributed by atoms with Gasteiger partial charge in [-0.05, 0) is 50.1 Å². The molecule has 8 rings (SSSR count). The molecule has 43 heavy (non-hydrogen) atoms. The first kappa shape index (κ1) is 33.3. The molecule has 6 aromatic rings. The summed E-state index contributed by atoms with van der Waals surface area (Å²) in [5.41, 5.74) is 11.1. The van der Waals surface area contributed by atoms with E-state index in [1.165, 1.54) is 76.8 Å². The summed E-state index contributed by atoms with van der Waals surface area (Å²) in [6.07, 6.45) is 6.99. The van der Waals surface area contributed by atoms with Crippen molar-refractivity contribution >= 4 is 60.1 Å². The molecule has 0 saturated heterocycles. The molecular weight excluding hydrogens is 659 g/mol. The number of rotatable bonds is 3. The first-order valence-electron chi connectivity index (χ1n) is 14.3. The monoisotopic (exact) mass is 689 g/mol. The second kappa shape index (κ2) is 13.6. The van der Waals surface area contributed by atoms with Gasteiger partial charge in [-0.15, -0.1) is 33.7 Å². The van der Waals surface area contributed by atoms with Crippen molar-refractivity contribution in [2.75, 3.05) is 0 Å². The van der Waals surface area contributed by atoms with Gasteiger partial charge in [0.15, 0.2) is 0 Å². The number of hydrogen-bond acceptors (Lipinski definition) is 0. The molecule has 0 fully saturated rings. The van der Waals surface area contributed by atoms with Gasteiger partial charge in [0.05, 0.1) is 0 Å². The van der Waals surface area contributed by atoms with E-state index in [4.69, 9.17) is 0 Å². The molecule has 1 atom stereocenters. The minimum atomic E-state index is 0. The van der Waals surface area contributed by atoms with Gasteiger partial charge in [-0.1, -0.05) is 141 Å². The number of fused-ring (bicyclic) bond motifs is 4. The number of hydrogen-bond donors (Lipinski definition) is 0. The van der Waals surface area contributed by atoms with Crippen molar-refractivity contribution in [2.24, 2.45) is 5.92 Å². The third-order valence-corrected chi connectivity index (χ3v) is 8.60. The molecule has 6 aromatic carbocycles. The molecule has 4 heteroatoms. The van der Waals surface area contributed by atoms with Gasteiger partial charge in [-0.3, -0.25) is 0 Å². The molecule has 2 aliphatic rings. The van der Waals surface area contributed by atoms with E-state index < -0.39 is 0 Å². The fraction of sp³-hybridized carbons (Fsp3) is 0.154. The van der Waals surface area contributed by atoms with Gasteiger partial charge < -0.3 is 24.8 Å². The molecule has 0 saturated carbocycles. The van der Waals surface area contributed by atoms with Crippen LogP contribution in [-0.4, -0.2) is 9.52 Å². The minimum absolute atomic E-state index is 0. The smallest absolute Gasteiger partial charge is 1.00 e. The van der Waals surface area contributed by atoms with E-state index in [0.717, 1.165) is 9.52 Å². The second-order valence-corrected chi connectivity index (χ2v) is 12.4. The summed E-state index contributed by atoms with van der Waals surface area (Å²) in [5.74, 6) is 0.732. The Morgan fingerprint density at radius 1 is 0.651 bits per heavy atom. The molecule has 0 aromatic heterocycles. The summed E-state index contributed by atoms with van der Waals surface area (Å²) >= 11 is 0. The first-order chi connectivity index (χ1) is 19.6. The van der Waals surface area contributed by atoms with Gasteiger partial charge in [0, 0.05) is 15.4 Å². The molecule has 0 nitrogen and oxygen atoms in total. The Hall–Kier alpha value is -2.61. The third kappa shape index (κ3) is 5.46. The Morgan fingerprint density at radius 2 is 1.28 bits per heavy atom. The van der Waals surface area contributed by atoms with Crippen molar-refractivity contribution in [2.45, 2.75) is 32.9 Å². The predicted molar refractivity (Wildman–Crippen MR) is 177 cm³/mol. The topological polar surface area (TPSA) is 0 Å². The van der Waals surface area contributed by atoms with Crippen LogP contribution in [0.2, 0.25) is 13.1 Å². The number of allylic oxidation sites excluding steroid dienone is 1. The van der Waals surface area contributed by atoms with Crippen molar-refractivity contribution in [3.63, 3.8) is 0 Å². The normalized spacial score (nSPS) is 14.1. The largest absolute Gasteiger partial charge is 3.00 e. The summed E-state index contributed by atoms with van der Waals surface area (Å²) in [7, 11) is 1.08. The molecule has 1 unspecified atom stereocenters. The van der Waals surface area contributed by atoms with Crippen LogP contribution in [0.1, 0.15) is 47.6 Å². The number of halogens is 2. The van der Waals surface area contributed by atoms with Crippen LogP contribution >= 0.6 is 0 Å². The van der Waals surface area contributed by atoms with Crippen molar-refractivity contribution in [1.29, 1.82) is 0 Å². The van der Waals surface area contributed by atoms with E-state index in [9.17, 15) is 0 Å². The first-order valence-corrected chi connectivity index (χ1v) is 16.3. The van der Waals surface area contributed by atoms with Crippen LogP contribution in [0.3, 0.4) is 0 Å². The van der Waals surface area contributed by atoms with E-state index in [0.29, 0.717) is 5.92 Å². The molecule has 0 heterocycles. The zero-order chi connectivity index (χ0) is 27.4. The average molecular weight is 692 g/mol. The Bertz CT molecular complexity index is 1980. The van der Waals surface area contributed by atoms with Gasteiger partial charge >= 0.3 is 26.2 Å². The Balaban J connectivity index is 0.000000679. The molecule has 0 aliphatic heterocycles. The summed E-state index contributed by atoms with van der Waals surface area (Å²) in [6.45, 7) is 8.99. The van der Waals surface area contributed by atoms with E-state index in [2.05, 4.69) is 142 Å². The van der Waals surface area contributed by atoms with E-state index in [-0.39, 0.29) is 56.9 Å². The van der Waals surface area contributed by atoms with Gasteiger partial charge in [0.2, 0.25) is 0 Å². The summed E-state index contributed by atoms with van der Waals surface area (Å²) in [5, 5.41) is 8.15. The standard InChI is InChI=1S/C37H27.C2H6Si.2ClH.Zr/c1-22(2)33-21-35-28(29-19-18-24-17-16-23-9-5-13-30(29)36(23)24)12-7-15-32(35)37(33)31-14-6-11-27-26-10-4-3-8-25(26)20-34(27)31;1-3-2;;;/h3-22,37H,1-2H3;1-2H3;2*1H;/q-1;;;;+3/p-2. The Morgan fingerprint density at radius 3 is 2.05 bits per heavy atom. The predicted octanol–water partition coefficient (Wildman–Crippen LogP) is 4.99. The maximum atomic E-state index is 2.50. The molecule has 0 spiro atoms. The van der Waals surface area contributed by atoms with Crippen molar-refractivity contribution in [1.82, 2.24) is 0 Å². The Kier molecular flexibility index (Phi) is 10.5. The molecule has 0 bridgehead atoms. The summed E-state index contributed by atoms with van der Waals surface area (Å²) in [6, 6.07) is 36.4. The van der Waals surface area contributed by atoms with Crippen LogP contribution in [0.25, 0.3) is 61.7 Å². The molecule has 0 amide bonds. The molecule has 3 radical (unpaired) electrons. The third-order valence-electron chi connectivity index (χ3n) is 8.60. The van der Waals surface area contributed by atoms with E-state index in [1.54, 1.807) is 0 Å². The second-order valence-electron chi connectivity index (χ2n) is 11.4. The zero-order valence-corrected chi connectivity index (χ0v) is 29.9. The van der Waals surface area contributed by atoms with Gasteiger partial charge in [0.25, 0.3) is 0 Å². The van der Waals surface area contributed by atoms with E-state index in [1.807, 2.05) is 0 Å². The van der Waals surface area contributed by atoms with Crippen LogP contribution in [0.15, 0.2) is 103 Å². The fourth-order valence-corrected chi connectivity index (χ4v) is 6.92. The van der Waals surface area contributed by atoms with Crippen molar-refractivity contribution < 1.29 is 51.0 Å². The maximum absolute atomic E-state index is 2.50. The van der Waals surface area contributed by atoms with Gasteiger partial charge in [-0.25, -0.2) is 0 Å².